The fourth-order valence-corrected chi connectivity index (χ4v) is 2.24. The van der Waals surface area contributed by atoms with E-state index in [0.29, 0.717) is 11.3 Å². The first-order valence-corrected chi connectivity index (χ1v) is 6.55. The molecule has 0 spiro atoms. The molecule has 3 rings (SSSR count). The van der Waals surface area contributed by atoms with Crippen molar-refractivity contribution in [3.8, 4) is 5.75 Å². The minimum atomic E-state index is -0.418. The molecule has 0 saturated carbocycles. The van der Waals surface area contributed by atoms with Crippen LogP contribution in [0.3, 0.4) is 0 Å². The van der Waals surface area contributed by atoms with Crippen molar-refractivity contribution < 1.29 is 14.3 Å². The minimum Gasteiger partial charge on any atom is -0.422 e. The van der Waals surface area contributed by atoms with Crippen LogP contribution >= 0.6 is 0 Å². The first-order chi connectivity index (χ1) is 10.2. The smallest absolute Gasteiger partial charge is 0.343 e. The topological polar surface area (TPSA) is 48.3 Å². The van der Waals surface area contributed by atoms with Crippen molar-refractivity contribution in [2.24, 2.45) is 0 Å². The van der Waals surface area contributed by atoms with Crippen LogP contribution in [0, 0.1) is 0 Å². The largest absolute Gasteiger partial charge is 0.422 e. The Morgan fingerprint density at radius 1 is 0.952 bits per heavy atom. The lowest BCUT2D eigenvalue weighted by Crippen LogP contribution is -2.08. The molecule has 21 heavy (non-hydrogen) atoms. The molecule has 0 N–H and O–H groups in total. The molecule has 0 bridgehead atoms. The highest BCUT2D eigenvalue weighted by atomic mass is 16.5. The summed E-state index contributed by atoms with van der Waals surface area (Å²) >= 11 is 0. The van der Waals surface area contributed by atoms with Crippen molar-refractivity contribution in [3.63, 3.8) is 0 Å². The van der Waals surface area contributed by atoms with Crippen LogP contribution in [0.2, 0.25) is 0 Å². The highest BCUT2D eigenvalue weighted by molar-refractivity contribution is 5.97. The summed E-state index contributed by atoms with van der Waals surface area (Å²) in [6.07, 6.45) is 1.67. The quantitative estimate of drug-likeness (QED) is 0.532. The second-order valence-electron chi connectivity index (χ2n) is 4.65. The van der Waals surface area contributed by atoms with Crippen LogP contribution in [-0.2, 0) is 0 Å². The molecule has 0 atom stereocenters. The molecule has 1 aromatic heterocycles. The molecule has 104 valence electrons. The fourth-order valence-electron chi connectivity index (χ4n) is 2.24. The molecule has 4 heteroatoms. The zero-order valence-corrected chi connectivity index (χ0v) is 11.4. The Balaban J connectivity index is 1.98. The maximum absolute atomic E-state index is 12.1. The van der Waals surface area contributed by atoms with Crippen LogP contribution in [0.5, 0.6) is 5.75 Å². The number of esters is 1. The summed E-state index contributed by atoms with van der Waals surface area (Å²) in [6, 6.07) is 15.9. The summed E-state index contributed by atoms with van der Waals surface area (Å²) in [5, 5.41) is 0.733. The molecule has 0 amide bonds. The average molecular weight is 279 g/mol. The number of ether oxygens (including phenoxy) is 1. The van der Waals surface area contributed by atoms with E-state index >= 15 is 0 Å². The first kappa shape index (κ1) is 13.1. The first-order valence-electron chi connectivity index (χ1n) is 6.55. The van der Waals surface area contributed by atoms with Gasteiger partial charge in [0.05, 0.1) is 11.1 Å². The molecule has 1 heterocycles. The monoisotopic (exact) mass is 279 g/mol. The van der Waals surface area contributed by atoms with Crippen LogP contribution in [0.25, 0.3) is 10.9 Å². The number of hydrogen-bond acceptors (Lipinski definition) is 3. The van der Waals surface area contributed by atoms with E-state index in [1.165, 1.54) is 11.5 Å². The zero-order valence-electron chi connectivity index (χ0n) is 11.4. The summed E-state index contributed by atoms with van der Waals surface area (Å²) in [5.74, 6) is -0.0587. The van der Waals surface area contributed by atoms with Gasteiger partial charge in [-0.3, -0.25) is 9.36 Å². The Kier molecular flexibility index (Phi) is 3.28. The summed E-state index contributed by atoms with van der Waals surface area (Å²) in [7, 11) is 0. The summed E-state index contributed by atoms with van der Waals surface area (Å²) in [4.78, 5) is 23.6. The van der Waals surface area contributed by atoms with E-state index in [0.717, 1.165) is 10.9 Å². The van der Waals surface area contributed by atoms with Gasteiger partial charge in [0, 0.05) is 18.5 Å². The normalized spacial score (nSPS) is 10.5. The fraction of sp³-hybridized carbons (Fsp3) is 0.0588. The maximum Gasteiger partial charge on any atom is 0.343 e. The second-order valence-corrected chi connectivity index (χ2v) is 4.65. The van der Waals surface area contributed by atoms with Crippen molar-refractivity contribution in [1.29, 1.82) is 0 Å². The van der Waals surface area contributed by atoms with Gasteiger partial charge in [-0.2, -0.15) is 0 Å². The number of carbonyl (C=O) groups is 2. The molecule has 0 saturated heterocycles. The standard InChI is InChI=1S/C17H13NO3/c1-12(19)18-11-10-14-15(18)8-5-9-16(14)21-17(20)13-6-3-2-4-7-13/h2-11H,1H3. The lowest BCUT2D eigenvalue weighted by molar-refractivity contribution is 0.0737. The van der Waals surface area contributed by atoms with Gasteiger partial charge in [0.15, 0.2) is 0 Å². The third-order valence-electron chi connectivity index (χ3n) is 3.24. The number of fused-ring (bicyclic) bond motifs is 1. The molecule has 0 unspecified atom stereocenters. The van der Waals surface area contributed by atoms with Gasteiger partial charge in [0.25, 0.3) is 0 Å². The molecule has 0 fully saturated rings. The molecule has 4 nitrogen and oxygen atoms in total. The summed E-state index contributed by atoms with van der Waals surface area (Å²) in [6.45, 7) is 1.49. The predicted octanol–water partition coefficient (Wildman–Crippen LogP) is 3.52. The number of rotatable bonds is 2. The molecule has 0 aliphatic rings. The van der Waals surface area contributed by atoms with E-state index in [2.05, 4.69) is 0 Å². The van der Waals surface area contributed by atoms with Gasteiger partial charge in [0.2, 0.25) is 5.91 Å². The van der Waals surface area contributed by atoms with Crippen LogP contribution in [0.1, 0.15) is 22.1 Å². The van der Waals surface area contributed by atoms with Gasteiger partial charge < -0.3 is 4.74 Å². The summed E-state index contributed by atoms with van der Waals surface area (Å²) in [5.41, 5.74) is 1.21. The van der Waals surface area contributed by atoms with E-state index < -0.39 is 5.97 Å². The Labute approximate surface area is 121 Å². The van der Waals surface area contributed by atoms with E-state index in [-0.39, 0.29) is 5.91 Å². The van der Waals surface area contributed by atoms with E-state index in [1.54, 1.807) is 48.7 Å². The van der Waals surface area contributed by atoms with Gasteiger partial charge in [-0.1, -0.05) is 24.3 Å². The van der Waals surface area contributed by atoms with Crippen LogP contribution in [-0.4, -0.2) is 16.4 Å². The number of benzene rings is 2. The van der Waals surface area contributed by atoms with Gasteiger partial charge in [-0.15, -0.1) is 0 Å². The van der Waals surface area contributed by atoms with E-state index in [1.807, 2.05) is 12.1 Å². The molecule has 0 aliphatic carbocycles. The highest BCUT2D eigenvalue weighted by Crippen LogP contribution is 2.27. The maximum atomic E-state index is 12.1. The van der Waals surface area contributed by atoms with Crippen molar-refractivity contribution in [2.45, 2.75) is 6.92 Å². The predicted molar refractivity (Wildman–Crippen MR) is 79.6 cm³/mol. The van der Waals surface area contributed by atoms with Crippen molar-refractivity contribution >= 4 is 22.8 Å². The third kappa shape index (κ3) is 2.43. The van der Waals surface area contributed by atoms with Gasteiger partial charge in [-0.05, 0) is 30.3 Å². The molecule has 2 aromatic carbocycles. The minimum absolute atomic E-state index is 0.0865. The molecule has 0 radical (unpaired) electrons. The van der Waals surface area contributed by atoms with Crippen LogP contribution < -0.4 is 4.74 Å². The van der Waals surface area contributed by atoms with E-state index in [9.17, 15) is 9.59 Å². The SMILES string of the molecule is CC(=O)n1ccc2c(OC(=O)c3ccccc3)cccc21. The van der Waals surface area contributed by atoms with E-state index in [4.69, 9.17) is 4.74 Å². The Bertz CT molecular complexity index is 818. The highest BCUT2D eigenvalue weighted by Gasteiger charge is 2.13. The second kappa shape index (κ2) is 5.25. The van der Waals surface area contributed by atoms with Crippen LogP contribution in [0.15, 0.2) is 60.8 Å². The number of nitrogens with zero attached hydrogens (tertiary/aromatic N) is 1. The molecule has 3 aromatic rings. The number of hydrogen-bond donors (Lipinski definition) is 0. The molecule has 0 aliphatic heterocycles. The van der Waals surface area contributed by atoms with Crippen LogP contribution in [0.4, 0.5) is 0 Å². The Morgan fingerprint density at radius 3 is 2.43 bits per heavy atom. The van der Waals surface area contributed by atoms with Crippen molar-refractivity contribution in [3.05, 3.63) is 66.4 Å². The lowest BCUT2D eigenvalue weighted by Gasteiger charge is -2.06. The number of carbonyl (C=O) groups excluding carboxylic acids is 2. The average Bonchev–Trinajstić information content (AvgIpc) is 2.93. The van der Waals surface area contributed by atoms with Gasteiger partial charge in [0.1, 0.15) is 5.75 Å². The lowest BCUT2D eigenvalue weighted by atomic mass is 10.2. The Morgan fingerprint density at radius 2 is 1.71 bits per heavy atom. The van der Waals surface area contributed by atoms with Crippen molar-refractivity contribution in [1.82, 2.24) is 4.57 Å². The summed E-state index contributed by atoms with van der Waals surface area (Å²) < 4.78 is 6.97. The zero-order chi connectivity index (χ0) is 14.8. The number of aromatic nitrogens is 1. The van der Waals surface area contributed by atoms with Gasteiger partial charge in [-0.25, -0.2) is 4.79 Å². The van der Waals surface area contributed by atoms with Crippen molar-refractivity contribution in [2.75, 3.05) is 0 Å². The third-order valence-corrected chi connectivity index (χ3v) is 3.24. The molecular weight excluding hydrogens is 266 g/mol. The van der Waals surface area contributed by atoms with Gasteiger partial charge >= 0.3 is 5.97 Å². The Hall–Kier alpha value is -2.88. The molecular formula is C17H13NO3.